The van der Waals surface area contributed by atoms with Crippen molar-refractivity contribution in [3.05, 3.63) is 29.8 Å². The largest absolute Gasteiger partial charge is 0.497 e. The minimum atomic E-state index is -0.565. The van der Waals surface area contributed by atoms with Gasteiger partial charge in [-0.25, -0.2) is 0 Å². The van der Waals surface area contributed by atoms with Crippen molar-refractivity contribution in [3.8, 4) is 5.75 Å². The van der Waals surface area contributed by atoms with Crippen molar-refractivity contribution < 1.29 is 14.9 Å². The number of aliphatic hydroxyl groups excluding tert-OH is 2. The van der Waals surface area contributed by atoms with Crippen molar-refractivity contribution in [2.75, 3.05) is 20.2 Å². The molecular formula is C12H19NO3. The number of nitrogens with one attached hydrogen (secondary N) is 1. The van der Waals surface area contributed by atoms with Crippen molar-refractivity contribution in [3.63, 3.8) is 0 Å². The van der Waals surface area contributed by atoms with E-state index in [1.54, 1.807) is 14.0 Å². The van der Waals surface area contributed by atoms with Crippen molar-refractivity contribution in [2.24, 2.45) is 0 Å². The van der Waals surface area contributed by atoms with E-state index in [4.69, 9.17) is 9.84 Å². The fraction of sp³-hybridized carbons (Fsp3) is 0.500. The maximum atomic E-state index is 9.81. The number of rotatable bonds is 6. The van der Waals surface area contributed by atoms with Gasteiger partial charge in [-0.15, -0.1) is 0 Å². The van der Waals surface area contributed by atoms with Gasteiger partial charge in [0.1, 0.15) is 5.75 Å². The molecule has 0 heterocycles. The molecule has 16 heavy (non-hydrogen) atoms. The van der Waals surface area contributed by atoms with Crippen LogP contribution in [0.2, 0.25) is 0 Å². The highest BCUT2D eigenvalue weighted by molar-refractivity contribution is 5.28. The fourth-order valence-electron chi connectivity index (χ4n) is 1.37. The lowest BCUT2D eigenvalue weighted by molar-refractivity contribution is 0.155. The van der Waals surface area contributed by atoms with Crippen LogP contribution in [0.5, 0.6) is 5.75 Å². The summed E-state index contributed by atoms with van der Waals surface area (Å²) < 4.78 is 5.03. The third-order valence-corrected chi connectivity index (χ3v) is 2.28. The maximum absolute atomic E-state index is 9.81. The lowest BCUT2D eigenvalue weighted by atomic mass is 10.1. The standard InChI is InChI=1S/C12H19NO3/c1-9(14)7-13-8-12(15)10-3-5-11(16-2)6-4-10/h3-6,9,12-15H,7-8H2,1-2H3. The normalized spacial score (nSPS) is 14.5. The van der Waals surface area contributed by atoms with Gasteiger partial charge in [0, 0.05) is 13.1 Å². The van der Waals surface area contributed by atoms with Crippen molar-refractivity contribution in [2.45, 2.75) is 19.1 Å². The van der Waals surface area contributed by atoms with E-state index in [-0.39, 0.29) is 0 Å². The molecule has 0 aliphatic heterocycles. The molecule has 3 N–H and O–H groups in total. The first kappa shape index (κ1) is 13.0. The molecule has 0 amide bonds. The summed E-state index contributed by atoms with van der Waals surface area (Å²) in [6.07, 6.45) is -0.965. The summed E-state index contributed by atoms with van der Waals surface area (Å²) in [4.78, 5) is 0. The lowest BCUT2D eigenvalue weighted by Crippen LogP contribution is -2.28. The molecule has 0 aromatic heterocycles. The molecule has 2 unspecified atom stereocenters. The zero-order valence-electron chi connectivity index (χ0n) is 9.68. The second-order valence-corrected chi connectivity index (χ2v) is 3.80. The molecule has 0 aliphatic carbocycles. The second kappa shape index (κ2) is 6.48. The van der Waals surface area contributed by atoms with E-state index < -0.39 is 12.2 Å². The topological polar surface area (TPSA) is 61.7 Å². The van der Waals surface area contributed by atoms with Crippen LogP contribution in [0.1, 0.15) is 18.6 Å². The first-order chi connectivity index (χ1) is 7.63. The molecule has 1 aromatic carbocycles. The van der Waals surface area contributed by atoms with Gasteiger partial charge >= 0.3 is 0 Å². The van der Waals surface area contributed by atoms with Gasteiger partial charge in [0.05, 0.1) is 19.3 Å². The average Bonchev–Trinajstić information content (AvgIpc) is 2.28. The van der Waals surface area contributed by atoms with E-state index in [1.165, 1.54) is 0 Å². The SMILES string of the molecule is COc1ccc(C(O)CNCC(C)O)cc1. The maximum Gasteiger partial charge on any atom is 0.118 e. The number of ether oxygens (including phenoxy) is 1. The van der Waals surface area contributed by atoms with Crippen LogP contribution in [0.25, 0.3) is 0 Å². The number of benzene rings is 1. The van der Waals surface area contributed by atoms with Gasteiger partial charge in [-0.2, -0.15) is 0 Å². The molecule has 0 fully saturated rings. The van der Waals surface area contributed by atoms with E-state index in [9.17, 15) is 5.11 Å². The van der Waals surface area contributed by atoms with E-state index in [1.807, 2.05) is 24.3 Å². The Bertz CT molecular complexity index is 298. The summed E-state index contributed by atoms with van der Waals surface area (Å²) in [7, 11) is 1.61. The van der Waals surface area contributed by atoms with Crippen LogP contribution < -0.4 is 10.1 Å². The summed E-state index contributed by atoms with van der Waals surface area (Å²) in [6.45, 7) is 2.61. The van der Waals surface area contributed by atoms with E-state index >= 15 is 0 Å². The minimum absolute atomic E-state index is 0.400. The number of hydrogen-bond donors (Lipinski definition) is 3. The Morgan fingerprint density at radius 2 is 1.81 bits per heavy atom. The first-order valence-corrected chi connectivity index (χ1v) is 5.34. The molecule has 0 spiro atoms. The molecule has 0 aliphatic rings. The molecule has 0 saturated carbocycles. The average molecular weight is 225 g/mol. The molecule has 0 radical (unpaired) electrons. The van der Waals surface area contributed by atoms with Crippen LogP contribution in [-0.4, -0.2) is 36.5 Å². The van der Waals surface area contributed by atoms with Crippen molar-refractivity contribution in [1.29, 1.82) is 0 Å². The van der Waals surface area contributed by atoms with Gasteiger partial charge < -0.3 is 20.3 Å². The highest BCUT2D eigenvalue weighted by atomic mass is 16.5. The van der Waals surface area contributed by atoms with Gasteiger partial charge in [0.15, 0.2) is 0 Å². The Kier molecular flexibility index (Phi) is 5.25. The van der Waals surface area contributed by atoms with Crippen molar-refractivity contribution >= 4 is 0 Å². The summed E-state index contributed by atoms with van der Waals surface area (Å²) in [5.74, 6) is 0.771. The van der Waals surface area contributed by atoms with Crippen LogP contribution >= 0.6 is 0 Å². The highest BCUT2D eigenvalue weighted by Crippen LogP contribution is 2.16. The summed E-state index contributed by atoms with van der Waals surface area (Å²) in [5, 5.41) is 21.8. The van der Waals surface area contributed by atoms with Crippen molar-refractivity contribution in [1.82, 2.24) is 5.32 Å². The Morgan fingerprint density at radius 1 is 1.19 bits per heavy atom. The van der Waals surface area contributed by atoms with E-state index in [0.29, 0.717) is 13.1 Å². The molecule has 1 rings (SSSR count). The minimum Gasteiger partial charge on any atom is -0.497 e. The fourth-order valence-corrected chi connectivity index (χ4v) is 1.37. The first-order valence-electron chi connectivity index (χ1n) is 5.34. The molecule has 4 heteroatoms. The van der Waals surface area contributed by atoms with Gasteiger partial charge in [0.25, 0.3) is 0 Å². The smallest absolute Gasteiger partial charge is 0.118 e. The zero-order valence-corrected chi connectivity index (χ0v) is 9.68. The van der Waals surface area contributed by atoms with Gasteiger partial charge in [-0.05, 0) is 24.6 Å². The molecule has 2 atom stereocenters. The summed E-state index contributed by atoms with van der Waals surface area (Å²) in [6, 6.07) is 7.28. The molecule has 0 saturated heterocycles. The Hall–Kier alpha value is -1.10. The number of methoxy groups -OCH3 is 1. The van der Waals surface area contributed by atoms with Gasteiger partial charge in [0.2, 0.25) is 0 Å². The van der Waals surface area contributed by atoms with Crippen LogP contribution in [-0.2, 0) is 0 Å². The zero-order chi connectivity index (χ0) is 12.0. The van der Waals surface area contributed by atoms with E-state index in [0.717, 1.165) is 11.3 Å². The third kappa shape index (κ3) is 4.18. The molecule has 90 valence electrons. The molecule has 0 bridgehead atoms. The Morgan fingerprint density at radius 3 is 2.31 bits per heavy atom. The number of aliphatic hydroxyl groups is 2. The van der Waals surface area contributed by atoms with Gasteiger partial charge in [-0.1, -0.05) is 12.1 Å². The molecular weight excluding hydrogens is 206 g/mol. The quantitative estimate of drug-likeness (QED) is 0.667. The summed E-state index contributed by atoms with van der Waals surface area (Å²) in [5.41, 5.74) is 0.832. The van der Waals surface area contributed by atoms with Gasteiger partial charge in [-0.3, -0.25) is 0 Å². The van der Waals surface area contributed by atoms with Crippen LogP contribution in [0.3, 0.4) is 0 Å². The molecule has 4 nitrogen and oxygen atoms in total. The highest BCUT2D eigenvalue weighted by Gasteiger charge is 2.07. The Labute approximate surface area is 95.9 Å². The third-order valence-electron chi connectivity index (χ3n) is 2.28. The predicted molar refractivity (Wildman–Crippen MR) is 62.5 cm³/mol. The molecule has 1 aromatic rings. The predicted octanol–water partition coefficient (Wildman–Crippen LogP) is 0.699. The monoisotopic (exact) mass is 225 g/mol. The van der Waals surface area contributed by atoms with Crippen LogP contribution in [0.4, 0.5) is 0 Å². The van der Waals surface area contributed by atoms with Crippen LogP contribution in [0, 0.1) is 0 Å². The summed E-state index contributed by atoms with van der Waals surface area (Å²) >= 11 is 0. The Balaban J connectivity index is 2.43. The second-order valence-electron chi connectivity index (χ2n) is 3.80. The number of hydrogen-bond acceptors (Lipinski definition) is 4. The van der Waals surface area contributed by atoms with Crippen LogP contribution in [0.15, 0.2) is 24.3 Å². The lowest BCUT2D eigenvalue weighted by Gasteiger charge is -2.13. The van der Waals surface area contributed by atoms with E-state index in [2.05, 4.69) is 5.32 Å².